The Bertz CT molecular complexity index is 1040. The average molecular weight is 432 g/mol. The minimum atomic E-state index is -5.85. The van der Waals surface area contributed by atoms with Gasteiger partial charge in [0.2, 0.25) is 11.9 Å². The van der Waals surface area contributed by atoms with Gasteiger partial charge in [-0.05, 0) is 35.0 Å². The van der Waals surface area contributed by atoms with Gasteiger partial charge < -0.3 is 4.74 Å². The van der Waals surface area contributed by atoms with Gasteiger partial charge in [-0.2, -0.15) is 22.0 Å². The minimum absolute atomic E-state index is 0.0700. The molecule has 158 valence electrons. The molecule has 0 atom stereocenters. The second kappa shape index (κ2) is 7.56. The quantitative estimate of drug-likeness (QED) is 0.418. The SMILES string of the molecule is N=C=N[n+]1ccccc1C1=CC(CF)(CF)Oc2ccc(C(F)(F)C(F)(F)F)cc21. The molecule has 0 unspecified atom stereocenters. The van der Waals surface area contributed by atoms with Crippen LogP contribution in [0.15, 0.2) is 53.8 Å². The Hall–Kier alpha value is -3.20. The summed E-state index contributed by atoms with van der Waals surface area (Å²) < 4.78 is 99.9. The van der Waals surface area contributed by atoms with Gasteiger partial charge in [-0.25, -0.2) is 14.2 Å². The molecular formula is C19H13F7N3O+. The molecule has 30 heavy (non-hydrogen) atoms. The molecule has 2 aromatic rings. The molecule has 1 aromatic heterocycles. The van der Waals surface area contributed by atoms with Crippen molar-refractivity contribution in [2.45, 2.75) is 17.7 Å². The summed E-state index contributed by atoms with van der Waals surface area (Å²) in [6.45, 7) is -2.65. The molecule has 1 N–H and O–H groups in total. The van der Waals surface area contributed by atoms with E-state index in [0.717, 1.165) is 16.8 Å². The first kappa shape index (κ1) is 21.5. The van der Waals surface area contributed by atoms with E-state index in [2.05, 4.69) is 5.10 Å². The Morgan fingerprint density at radius 2 is 1.77 bits per heavy atom. The van der Waals surface area contributed by atoms with Gasteiger partial charge in [0.15, 0.2) is 11.6 Å². The first-order valence-corrected chi connectivity index (χ1v) is 8.35. The van der Waals surface area contributed by atoms with E-state index in [1.807, 2.05) is 0 Å². The van der Waals surface area contributed by atoms with E-state index in [4.69, 9.17) is 10.1 Å². The topological polar surface area (TPSA) is 49.3 Å². The fourth-order valence-electron chi connectivity index (χ4n) is 2.95. The van der Waals surface area contributed by atoms with E-state index >= 15 is 0 Å². The van der Waals surface area contributed by atoms with Crippen LogP contribution in [0.1, 0.15) is 16.8 Å². The van der Waals surface area contributed by atoms with Crippen molar-refractivity contribution in [2.75, 3.05) is 13.3 Å². The van der Waals surface area contributed by atoms with E-state index in [9.17, 15) is 30.7 Å². The van der Waals surface area contributed by atoms with Crippen molar-refractivity contribution >= 4 is 11.6 Å². The van der Waals surface area contributed by atoms with Crippen LogP contribution < -0.4 is 9.41 Å². The number of benzene rings is 1. The molecule has 3 rings (SSSR count). The van der Waals surface area contributed by atoms with Crippen molar-refractivity contribution < 1.29 is 40.1 Å². The Labute approximate surface area is 165 Å². The van der Waals surface area contributed by atoms with Crippen LogP contribution in [0.3, 0.4) is 0 Å². The van der Waals surface area contributed by atoms with Crippen molar-refractivity contribution in [2.24, 2.45) is 5.10 Å². The molecule has 0 radical (unpaired) electrons. The Morgan fingerprint density at radius 1 is 1.07 bits per heavy atom. The maximum atomic E-state index is 13.9. The number of alkyl halides is 7. The third-order valence-corrected chi connectivity index (χ3v) is 4.43. The number of fused-ring (bicyclic) bond motifs is 1. The first-order chi connectivity index (χ1) is 14.1. The lowest BCUT2D eigenvalue weighted by atomic mass is 9.89. The molecule has 0 aliphatic carbocycles. The number of ether oxygens (including phenoxy) is 1. The van der Waals surface area contributed by atoms with Crippen LogP contribution in [0.2, 0.25) is 0 Å². The molecule has 0 amide bonds. The monoisotopic (exact) mass is 432 g/mol. The largest absolute Gasteiger partial charge is 0.477 e. The highest BCUT2D eigenvalue weighted by molar-refractivity contribution is 5.82. The van der Waals surface area contributed by atoms with Crippen molar-refractivity contribution in [1.29, 1.82) is 5.41 Å². The molecule has 1 aliphatic heterocycles. The zero-order valence-corrected chi connectivity index (χ0v) is 15.0. The zero-order chi connectivity index (χ0) is 22.2. The van der Waals surface area contributed by atoms with E-state index in [-0.39, 0.29) is 22.6 Å². The fourth-order valence-corrected chi connectivity index (χ4v) is 2.95. The smallest absolute Gasteiger partial charge is 0.458 e. The van der Waals surface area contributed by atoms with Crippen molar-refractivity contribution in [3.8, 4) is 5.75 Å². The summed E-state index contributed by atoms with van der Waals surface area (Å²) in [5.74, 6) is -5.44. The molecule has 0 spiro atoms. The summed E-state index contributed by atoms with van der Waals surface area (Å²) >= 11 is 0. The molecule has 11 heteroatoms. The van der Waals surface area contributed by atoms with Gasteiger partial charge in [0, 0.05) is 23.3 Å². The van der Waals surface area contributed by atoms with Crippen LogP contribution in [-0.4, -0.2) is 31.1 Å². The number of rotatable bonds is 5. The Kier molecular flexibility index (Phi) is 5.42. The summed E-state index contributed by atoms with van der Waals surface area (Å²) in [4.78, 5) is 0. The lowest BCUT2D eigenvalue weighted by Crippen LogP contribution is -2.43. The van der Waals surface area contributed by atoms with E-state index in [1.165, 1.54) is 24.4 Å². The standard InChI is InChI=1S/C19H13F7N3O/c20-9-17(10-21)8-14(15-3-1-2-6-29(15)28-11-27)13-7-12(4-5-16(13)30-17)18(22,23)19(24,25)26/h1-8,27H,9-10H2/q+1. The van der Waals surface area contributed by atoms with Crippen LogP contribution in [0.5, 0.6) is 5.75 Å². The summed E-state index contributed by atoms with van der Waals surface area (Å²) in [7, 11) is 0. The predicted octanol–water partition coefficient (Wildman–Crippen LogP) is 4.65. The molecule has 2 heterocycles. The van der Waals surface area contributed by atoms with Gasteiger partial charge in [-0.1, -0.05) is 0 Å². The van der Waals surface area contributed by atoms with Crippen molar-refractivity contribution in [1.82, 2.24) is 0 Å². The van der Waals surface area contributed by atoms with Crippen LogP contribution in [-0.2, 0) is 5.92 Å². The molecule has 1 aliphatic rings. The third kappa shape index (κ3) is 3.56. The van der Waals surface area contributed by atoms with Crippen LogP contribution in [0.25, 0.3) is 5.57 Å². The molecule has 0 fully saturated rings. The number of aromatic nitrogens is 1. The highest BCUT2D eigenvalue weighted by Crippen LogP contribution is 2.47. The number of hydrogen-bond donors (Lipinski definition) is 1. The first-order valence-electron chi connectivity index (χ1n) is 8.35. The highest BCUT2D eigenvalue weighted by Gasteiger charge is 2.59. The molecule has 0 saturated carbocycles. The summed E-state index contributed by atoms with van der Waals surface area (Å²) in [6.07, 6.45) is -3.54. The summed E-state index contributed by atoms with van der Waals surface area (Å²) in [6, 6.07) is 7.98. The van der Waals surface area contributed by atoms with Gasteiger partial charge >= 0.3 is 12.1 Å². The molecular weight excluding hydrogens is 419 g/mol. The normalized spacial score (nSPS) is 15.5. The Balaban J connectivity index is 2.29. The van der Waals surface area contributed by atoms with Crippen molar-refractivity contribution in [3.63, 3.8) is 0 Å². The van der Waals surface area contributed by atoms with Gasteiger partial charge in [0.25, 0.3) is 0 Å². The minimum Gasteiger partial charge on any atom is -0.477 e. The van der Waals surface area contributed by atoms with Crippen molar-refractivity contribution in [3.05, 3.63) is 65.5 Å². The number of nitrogens with one attached hydrogen (secondary N) is 1. The molecule has 0 bridgehead atoms. The summed E-state index contributed by atoms with van der Waals surface area (Å²) in [5.41, 5.74) is -3.73. The molecule has 1 aromatic carbocycles. The Morgan fingerprint density at radius 3 is 2.37 bits per heavy atom. The van der Waals surface area contributed by atoms with E-state index in [1.54, 1.807) is 6.01 Å². The zero-order valence-electron chi connectivity index (χ0n) is 15.0. The van der Waals surface area contributed by atoms with Crippen LogP contribution in [0, 0.1) is 5.41 Å². The predicted molar refractivity (Wildman–Crippen MR) is 91.0 cm³/mol. The van der Waals surface area contributed by atoms with Gasteiger partial charge in [-0.15, -0.1) is 0 Å². The third-order valence-electron chi connectivity index (χ3n) is 4.43. The molecule has 0 saturated heterocycles. The highest BCUT2D eigenvalue weighted by atomic mass is 19.4. The molecule has 4 nitrogen and oxygen atoms in total. The number of pyridine rings is 1. The van der Waals surface area contributed by atoms with E-state index < -0.39 is 36.6 Å². The summed E-state index contributed by atoms with van der Waals surface area (Å²) in [5, 5.41) is 10.6. The maximum absolute atomic E-state index is 13.9. The fraction of sp³-hybridized carbons (Fsp3) is 0.263. The number of hydrogen-bond acceptors (Lipinski definition) is 3. The van der Waals surface area contributed by atoms with Gasteiger partial charge in [-0.3, -0.25) is 0 Å². The van der Waals surface area contributed by atoms with E-state index in [0.29, 0.717) is 12.1 Å². The lowest BCUT2D eigenvalue weighted by molar-refractivity contribution is -0.680. The van der Waals surface area contributed by atoms with Crippen LogP contribution >= 0.6 is 0 Å². The second-order valence-corrected chi connectivity index (χ2v) is 6.42. The van der Waals surface area contributed by atoms with Gasteiger partial charge in [0.05, 0.1) is 10.7 Å². The number of nitrogens with zero attached hydrogens (tertiary/aromatic N) is 2. The number of halogens is 7. The maximum Gasteiger partial charge on any atom is 0.458 e. The second-order valence-electron chi connectivity index (χ2n) is 6.42. The van der Waals surface area contributed by atoms with Gasteiger partial charge in [0.1, 0.15) is 19.1 Å². The average Bonchev–Trinajstić information content (AvgIpc) is 2.72. The lowest BCUT2D eigenvalue weighted by Gasteiger charge is -2.32. The van der Waals surface area contributed by atoms with Crippen LogP contribution in [0.4, 0.5) is 30.7 Å².